The van der Waals surface area contributed by atoms with Gasteiger partial charge in [-0.25, -0.2) is 4.98 Å². The van der Waals surface area contributed by atoms with Gasteiger partial charge in [0.15, 0.2) is 0 Å². The van der Waals surface area contributed by atoms with Crippen molar-refractivity contribution in [3.05, 3.63) is 78.2 Å². The molecule has 0 bridgehead atoms. The molecular weight excluding hydrogens is 516 g/mol. The Morgan fingerprint density at radius 1 is 1.05 bits per heavy atom. The van der Waals surface area contributed by atoms with Crippen LogP contribution in [0.15, 0.2) is 65.7 Å². The monoisotopic (exact) mass is 558 g/mol. The van der Waals surface area contributed by atoms with Gasteiger partial charge in [0, 0.05) is 48.2 Å². The van der Waals surface area contributed by atoms with Crippen LogP contribution in [0.5, 0.6) is 0 Å². The van der Waals surface area contributed by atoms with Crippen molar-refractivity contribution in [3.8, 4) is 16.8 Å². The number of hydrogen-bond acceptors (Lipinski definition) is 6. The number of imidazole rings is 1. The number of rotatable bonds is 15. The Morgan fingerprint density at radius 3 is 2.46 bits per heavy atom. The van der Waals surface area contributed by atoms with Crippen LogP contribution in [-0.4, -0.2) is 45.5 Å². The predicted octanol–water partition coefficient (Wildman–Crippen LogP) is 7.67. The van der Waals surface area contributed by atoms with Crippen LogP contribution in [0, 0.1) is 26.2 Å². The fourth-order valence-corrected chi connectivity index (χ4v) is 5.19. The molecule has 4 rings (SSSR count). The second-order valence-electron chi connectivity index (χ2n) is 11.5. The van der Waals surface area contributed by atoms with Crippen molar-refractivity contribution >= 4 is 17.3 Å². The third-order valence-corrected chi connectivity index (χ3v) is 7.33. The van der Waals surface area contributed by atoms with Gasteiger partial charge in [-0.1, -0.05) is 44.0 Å². The fraction of sp³-hybridized carbons (Fsp3) is 0.424. The van der Waals surface area contributed by atoms with Gasteiger partial charge in [-0.05, 0) is 80.5 Å². The largest absolute Gasteiger partial charge is 0.481 e. The fourth-order valence-electron chi connectivity index (χ4n) is 5.19. The molecular formula is C33H42N4O4. The second-order valence-corrected chi connectivity index (χ2v) is 11.5. The number of ether oxygens (including phenoxy) is 1. The number of benzene rings is 2. The first kappa shape index (κ1) is 30.1. The molecule has 4 aromatic rings. The summed E-state index contributed by atoms with van der Waals surface area (Å²) in [6.45, 7) is 11.9. The molecule has 2 aromatic heterocycles. The van der Waals surface area contributed by atoms with Crippen LogP contribution in [0.3, 0.4) is 0 Å². The molecule has 0 spiro atoms. The predicted molar refractivity (Wildman–Crippen MR) is 162 cm³/mol. The van der Waals surface area contributed by atoms with Crippen molar-refractivity contribution in [1.29, 1.82) is 0 Å². The van der Waals surface area contributed by atoms with E-state index in [0.29, 0.717) is 13.2 Å². The van der Waals surface area contributed by atoms with E-state index in [0.717, 1.165) is 66.2 Å². The highest BCUT2D eigenvalue weighted by atomic mass is 16.5. The van der Waals surface area contributed by atoms with E-state index in [9.17, 15) is 4.79 Å². The molecule has 0 saturated heterocycles. The summed E-state index contributed by atoms with van der Waals surface area (Å²) in [6, 6.07) is 15.2. The molecule has 0 fully saturated rings. The van der Waals surface area contributed by atoms with Crippen LogP contribution >= 0.6 is 0 Å². The van der Waals surface area contributed by atoms with Crippen LogP contribution in [-0.2, 0) is 9.53 Å². The van der Waals surface area contributed by atoms with Crippen molar-refractivity contribution in [2.75, 3.05) is 24.7 Å². The number of anilines is 2. The van der Waals surface area contributed by atoms with E-state index < -0.39 is 5.97 Å². The lowest BCUT2D eigenvalue weighted by Gasteiger charge is -2.28. The summed E-state index contributed by atoms with van der Waals surface area (Å²) in [6.07, 6.45) is 9.78. The number of aryl methyl sites for hydroxylation is 3. The van der Waals surface area contributed by atoms with E-state index >= 15 is 0 Å². The Bertz CT molecular complexity index is 1390. The highest BCUT2D eigenvalue weighted by molar-refractivity contribution is 5.76. The topological polar surface area (TPSA) is 93.6 Å². The molecule has 1 N–H and O–H groups in total. The van der Waals surface area contributed by atoms with Gasteiger partial charge in [0.1, 0.15) is 5.76 Å². The number of aliphatic carboxylic acids is 1. The lowest BCUT2D eigenvalue weighted by Crippen LogP contribution is -2.23. The Labute approximate surface area is 243 Å². The Hall–Kier alpha value is -3.91. The van der Waals surface area contributed by atoms with Crippen LogP contribution in [0.4, 0.5) is 11.4 Å². The summed E-state index contributed by atoms with van der Waals surface area (Å²) in [4.78, 5) is 17.6. The maximum atomic E-state index is 11.0. The molecule has 0 atom stereocenters. The Morgan fingerprint density at radius 2 is 1.80 bits per heavy atom. The van der Waals surface area contributed by atoms with Gasteiger partial charge in [0.25, 0.3) is 0 Å². The summed E-state index contributed by atoms with van der Waals surface area (Å²) in [5.41, 5.74) is 7.27. The van der Waals surface area contributed by atoms with Crippen molar-refractivity contribution in [3.63, 3.8) is 0 Å². The molecule has 0 aliphatic rings. The second kappa shape index (κ2) is 13.6. The number of hydrogen-bond donors (Lipinski definition) is 1. The number of carboxylic acid groups (broad SMARTS) is 1. The molecule has 0 aliphatic heterocycles. The van der Waals surface area contributed by atoms with Crippen LogP contribution in [0.25, 0.3) is 16.8 Å². The first-order valence-electron chi connectivity index (χ1n) is 14.3. The van der Waals surface area contributed by atoms with E-state index in [1.807, 2.05) is 38.5 Å². The number of carboxylic acids is 1. The molecule has 0 unspecified atom stereocenters. The molecule has 8 heteroatoms. The van der Waals surface area contributed by atoms with Gasteiger partial charge < -0.3 is 23.8 Å². The summed E-state index contributed by atoms with van der Waals surface area (Å²) in [5, 5.41) is 13.2. The highest BCUT2D eigenvalue weighted by Gasteiger charge is 2.22. The maximum Gasteiger partial charge on any atom is 0.303 e. The van der Waals surface area contributed by atoms with Gasteiger partial charge in [-0.2, -0.15) is 0 Å². The number of nitrogens with zero attached hydrogens (tertiary/aromatic N) is 4. The van der Waals surface area contributed by atoms with E-state index in [-0.39, 0.29) is 11.8 Å². The molecule has 2 aromatic carbocycles. The van der Waals surface area contributed by atoms with Crippen molar-refractivity contribution in [2.24, 2.45) is 5.41 Å². The summed E-state index contributed by atoms with van der Waals surface area (Å²) in [7, 11) is 0. The molecule has 0 aliphatic carbocycles. The third kappa shape index (κ3) is 8.07. The standard InChI is InChI=1S/C33H42N4O4/c1-24-10-11-27(32-25(2)35-41-26(32)3)20-30(24)37(29-14-12-28(13-15-29)36-18-16-34-23-36)17-8-6-7-9-19-40-22-33(4,5)21-31(38)39/h10-16,18,20,23H,6-9,17,19,21-22H2,1-5H3,(H,38,39). The average molecular weight is 559 g/mol. The number of aromatic nitrogens is 3. The van der Waals surface area contributed by atoms with Gasteiger partial charge in [-0.3, -0.25) is 4.79 Å². The van der Waals surface area contributed by atoms with Crippen LogP contribution in [0.1, 0.15) is 63.0 Å². The van der Waals surface area contributed by atoms with Crippen LogP contribution in [0.2, 0.25) is 0 Å². The number of unbranched alkanes of at least 4 members (excludes halogenated alkanes) is 3. The first-order chi connectivity index (χ1) is 19.6. The molecule has 0 amide bonds. The van der Waals surface area contributed by atoms with E-state index in [2.05, 4.69) is 64.4 Å². The SMILES string of the molecule is Cc1ccc(-c2c(C)noc2C)cc1N(CCCCCCOCC(C)(C)CC(=O)O)c1ccc(-n2ccnc2)cc1. The molecule has 218 valence electrons. The Balaban J connectivity index is 1.44. The van der Waals surface area contributed by atoms with Crippen LogP contribution < -0.4 is 4.90 Å². The zero-order valence-corrected chi connectivity index (χ0v) is 24.9. The molecule has 2 heterocycles. The summed E-state index contributed by atoms with van der Waals surface area (Å²) >= 11 is 0. The lowest BCUT2D eigenvalue weighted by atomic mass is 9.91. The highest BCUT2D eigenvalue weighted by Crippen LogP contribution is 2.35. The van der Waals surface area contributed by atoms with Gasteiger partial charge in [0.2, 0.25) is 0 Å². The minimum absolute atomic E-state index is 0.114. The quantitative estimate of drug-likeness (QED) is 0.150. The van der Waals surface area contributed by atoms with Crippen molar-refractivity contribution in [1.82, 2.24) is 14.7 Å². The Kier molecular flexibility index (Phi) is 10.00. The van der Waals surface area contributed by atoms with E-state index in [4.69, 9.17) is 14.4 Å². The van der Waals surface area contributed by atoms with Crippen molar-refractivity contribution < 1.29 is 19.2 Å². The maximum absolute atomic E-state index is 11.0. The normalized spacial score (nSPS) is 11.6. The molecule has 8 nitrogen and oxygen atoms in total. The van der Waals surface area contributed by atoms with E-state index in [1.54, 1.807) is 12.5 Å². The minimum atomic E-state index is -0.785. The minimum Gasteiger partial charge on any atom is -0.481 e. The molecule has 41 heavy (non-hydrogen) atoms. The van der Waals surface area contributed by atoms with Gasteiger partial charge in [-0.15, -0.1) is 0 Å². The van der Waals surface area contributed by atoms with Gasteiger partial charge >= 0.3 is 5.97 Å². The first-order valence-corrected chi connectivity index (χ1v) is 14.3. The summed E-state index contributed by atoms with van der Waals surface area (Å²) < 4.78 is 13.3. The third-order valence-electron chi connectivity index (χ3n) is 7.33. The van der Waals surface area contributed by atoms with Gasteiger partial charge in [0.05, 0.1) is 25.0 Å². The average Bonchev–Trinajstić information content (AvgIpc) is 3.58. The summed E-state index contributed by atoms with van der Waals surface area (Å²) in [5.74, 6) is 0.0362. The number of carbonyl (C=O) groups is 1. The zero-order valence-electron chi connectivity index (χ0n) is 24.9. The van der Waals surface area contributed by atoms with Crippen molar-refractivity contribution in [2.45, 2.75) is 66.7 Å². The molecule has 0 saturated carbocycles. The lowest BCUT2D eigenvalue weighted by molar-refractivity contribution is -0.140. The van der Waals surface area contributed by atoms with E-state index in [1.165, 1.54) is 11.3 Å². The zero-order chi connectivity index (χ0) is 29.4. The smallest absolute Gasteiger partial charge is 0.303 e. The molecule has 0 radical (unpaired) electrons.